The van der Waals surface area contributed by atoms with E-state index in [0.29, 0.717) is 5.75 Å². The second-order valence-electron chi connectivity index (χ2n) is 3.82. The first-order valence-corrected chi connectivity index (χ1v) is 5.64. The van der Waals surface area contributed by atoms with Gasteiger partial charge < -0.3 is 9.47 Å². The molecule has 0 aliphatic carbocycles. The summed E-state index contributed by atoms with van der Waals surface area (Å²) < 4.78 is 9.95. The second-order valence-corrected chi connectivity index (χ2v) is 3.82. The molecule has 4 nitrogen and oxygen atoms in total. The number of hydrogen-bond donors (Lipinski definition) is 0. The average molecular weight is 248 g/mol. The van der Waals surface area contributed by atoms with Crippen LogP contribution in [-0.2, 0) is 14.3 Å². The number of ether oxygens (including phenoxy) is 2. The fraction of sp³-hybridized carbons (Fsp3) is 0.286. The summed E-state index contributed by atoms with van der Waals surface area (Å²) in [4.78, 5) is 22.8. The van der Waals surface area contributed by atoms with E-state index in [4.69, 9.17) is 9.47 Å². The van der Waals surface area contributed by atoms with Gasteiger partial charge in [-0.3, -0.25) is 0 Å². The highest BCUT2D eigenvalue weighted by Gasteiger charge is 2.18. The van der Waals surface area contributed by atoms with E-state index in [2.05, 4.69) is 0 Å². The summed E-state index contributed by atoms with van der Waals surface area (Å²) in [5.41, 5.74) is 0.985. The lowest BCUT2D eigenvalue weighted by atomic mass is 10.2. The standard InChI is InChI=1S/C14H16O4/c1-4-6-13(15)17-11(3)14(16)18-12-8-5-7-10(2)9-12/h4-9,11H,1-3H3/b6-4-. The number of rotatable bonds is 4. The highest BCUT2D eigenvalue weighted by molar-refractivity contribution is 5.86. The normalized spacial score (nSPS) is 12.2. The Morgan fingerprint density at radius 3 is 2.67 bits per heavy atom. The molecule has 0 radical (unpaired) electrons. The quantitative estimate of drug-likeness (QED) is 0.466. The molecule has 0 N–H and O–H groups in total. The van der Waals surface area contributed by atoms with Gasteiger partial charge in [-0.2, -0.15) is 0 Å². The lowest BCUT2D eigenvalue weighted by Gasteiger charge is -2.11. The van der Waals surface area contributed by atoms with Gasteiger partial charge in [0.15, 0.2) is 6.10 Å². The molecule has 0 fully saturated rings. The predicted octanol–water partition coefficient (Wildman–Crippen LogP) is 2.41. The molecule has 0 saturated carbocycles. The zero-order valence-electron chi connectivity index (χ0n) is 10.7. The lowest BCUT2D eigenvalue weighted by Crippen LogP contribution is -2.27. The third kappa shape index (κ3) is 4.41. The summed E-state index contributed by atoms with van der Waals surface area (Å²) >= 11 is 0. The Hall–Kier alpha value is -2.10. The summed E-state index contributed by atoms with van der Waals surface area (Å²) in [5.74, 6) is -0.724. The predicted molar refractivity (Wildman–Crippen MR) is 67.2 cm³/mol. The van der Waals surface area contributed by atoms with Crippen LogP contribution in [0.3, 0.4) is 0 Å². The molecular weight excluding hydrogens is 232 g/mol. The zero-order valence-corrected chi connectivity index (χ0v) is 10.7. The summed E-state index contributed by atoms with van der Waals surface area (Å²) in [6.45, 7) is 5.06. The molecule has 0 amide bonds. The Kier molecular flexibility index (Phi) is 5.11. The van der Waals surface area contributed by atoms with Crippen LogP contribution >= 0.6 is 0 Å². The van der Waals surface area contributed by atoms with Gasteiger partial charge in [-0.25, -0.2) is 9.59 Å². The van der Waals surface area contributed by atoms with E-state index in [-0.39, 0.29) is 0 Å². The van der Waals surface area contributed by atoms with Crippen molar-refractivity contribution in [1.29, 1.82) is 0 Å². The van der Waals surface area contributed by atoms with E-state index in [0.717, 1.165) is 5.56 Å². The van der Waals surface area contributed by atoms with Crippen LogP contribution in [0.25, 0.3) is 0 Å². The topological polar surface area (TPSA) is 52.6 Å². The van der Waals surface area contributed by atoms with Gasteiger partial charge in [-0.1, -0.05) is 18.2 Å². The molecule has 0 bridgehead atoms. The minimum Gasteiger partial charge on any atom is -0.447 e. The van der Waals surface area contributed by atoms with Crippen molar-refractivity contribution in [3.8, 4) is 5.75 Å². The zero-order chi connectivity index (χ0) is 13.5. The average Bonchev–Trinajstić information content (AvgIpc) is 2.29. The molecule has 4 heteroatoms. The Balaban J connectivity index is 2.57. The van der Waals surface area contributed by atoms with E-state index in [1.165, 1.54) is 13.0 Å². The maximum atomic E-state index is 11.6. The van der Waals surface area contributed by atoms with E-state index in [9.17, 15) is 9.59 Å². The van der Waals surface area contributed by atoms with Gasteiger partial charge in [0.1, 0.15) is 5.75 Å². The second kappa shape index (κ2) is 6.59. The number of carbonyl (C=O) groups is 2. The Labute approximate surface area is 106 Å². The first-order chi connectivity index (χ1) is 8.52. The van der Waals surface area contributed by atoms with Crippen LogP contribution in [0.5, 0.6) is 5.75 Å². The molecule has 1 aromatic rings. The number of aryl methyl sites for hydroxylation is 1. The molecule has 0 aromatic heterocycles. The van der Waals surface area contributed by atoms with Crippen molar-refractivity contribution in [2.24, 2.45) is 0 Å². The van der Waals surface area contributed by atoms with E-state index in [1.807, 2.05) is 13.0 Å². The van der Waals surface area contributed by atoms with Crippen LogP contribution in [0.15, 0.2) is 36.4 Å². The summed E-state index contributed by atoms with van der Waals surface area (Å²) in [5, 5.41) is 0. The van der Waals surface area contributed by atoms with Crippen LogP contribution < -0.4 is 4.74 Å². The Bertz CT molecular complexity index is 463. The van der Waals surface area contributed by atoms with Gasteiger partial charge in [0, 0.05) is 6.08 Å². The Morgan fingerprint density at radius 1 is 1.33 bits per heavy atom. The van der Waals surface area contributed by atoms with E-state index < -0.39 is 18.0 Å². The van der Waals surface area contributed by atoms with Crippen molar-refractivity contribution in [1.82, 2.24) is 0 Å². The van der Waals surface area contributed by atoms with Gasteiger partial charge in [0.2, 0.25) is 0 Å². The molecule has 1 unspecified atom stereocenters. The maximum absolute atomic E-state index is 11.6. The number of allylic oxidation sites excluding steroid dienone is 1. The first kappa shape index (κ1) is 14.0. The third-order valence-electron chi connectivity index (χ3n) is 2.14. The van der Waals surface area contributed by atoms with Crippen LogP contribution in [0.2, 0.25) is 0 Å². The molecule has 1 aromatic carbocycles. The minimum atomic E-state index is -0.936. The fourth-order valence-electron chi connectivity index (χ4n) is 1.28. The van der Waals surface area contributed by atoms with Crippen molar-refractivity contribution >= 4 is 11.9 Å². The first-order valence-electron chi connectivity index (χ1n) is 5.64. The van der Waals surface area contributed by atoms with Crippen LogP contribution in [0.1, 0.15) is 19.4 Å². The number of benzene rings is 1. The number of esters is 2. The van der Waals surface area contributed by atoms with Gasteiger partial charge in [0.25, 0.3) is 0 Å². The molecule has 1 atom stereocenters. The van der Waals surface area contributed by atoms with Crippen molar-refractivity contribution in [2.45, 2.75) is 26.9 Å². The van der Waals surface area contributed by atoms with Gasteiger partial charge >= 0.3 is 11.9 Å². The maximum Gasteiger partial charge on any atom is 0.352 e. The molecule has 0 aliphatic rings. The molecule has 96 valence electrons. The minimum absolute atomic E-state index is 0.439. The van der Waals surface area contributed by atoms with Crippen molar-refractivity contribution in [3.63, 3.8) is 0 Å². The number of carbonyl (C=O) groups excluding carboxylic acids is 2. The largest absolute Gasteiger partial charge is 0.447 e. The molecule has 0 aliphatic heterocycles. The van der Waals surface area contributed by atoms with Crippen LogP contribution in [0, 0.1) is 6.92 Å². The molecule has 0 spiro atoms. The summed E-state index contributed by atoms with van der Waals surface area (Å²) in [6.07, 6.45) is 1.85. The van der Waals surface area contributed by atoms with Crippen LogP contribution in [0.4, 0.5) is 0 Å². The highest BCUT2D eigenvalue weighted by Crippen LogP contribution is 2.13. The van der Waals surface area contributed by atoms with Crippen molar-refractivity contribution < 1.29 is 19.1 Å². The van der Waals surface area contributed by atoms with Gasteiger partial charge in [-0.05, 0) is 38.5 Å². The fourth-order valence-corrected chi connectivity index (χ4v) is 1.28. The molecule has 18 heavy (non-hydrogen) atoms. The molecule has 1 rings (SSSR count). The summed E-state index contributed by atoms with van der Waals surface area (Å²) in [6, 6.07) is 7.09. The highest BCUT2D eigenvalue weighted by atomic mass is 16.6. The van der Waals surface area contributed by atoms with Gasteiger partial charge in [-0.15, -0.1) is 0 Å². The van der Waals surface area contributed by atoms with E-state index >= 15 is 0 Å². The molecular formula is C14H16O4. The van der Waals surface area contributed by atoms with Crippen molar-refractivity contribution in [3.05, 3.63) is 42.0 Å². The lowest BCUT2D eigenvalue weighted by molar-refractivity contribution is -0.157. The number of hydrogen-bond acceptors (Lipinski definition) is 4. The monoisotopic (exact) mass is 248 g/mol. The summed E-state index contributed by atoms with van der Waals surface area (Å²) in [7, 11) is 0. The Morgan fingerprint density at radius 2 is 2.06 bits per heavy atom. The SMILES string of the molecule is C/C=C\C(=O)OC(C)C(=O)Oc1cccc(C)c1. The third-order valence-corrected chi connectivity index (χ3v) is 2.14. The molecule has 0 heterocycles. The van der Waals surface area contributed by atoms with Crippen molar-refractivity contribution in [2.75, 3.05) is 0 Å². The van der Waals surface area contributed by atoms with Gasteiger partial charge in [0.05, 0.1) is 0 Å². The molecule has 0 saturated heterocycles. The van der Waals surface area contributed by atoms with E-state index in [1.54, 1.807) is 31.2 Å². The smallest absolute Gasteiger partial charge is 0.352 e. The van der Waals surface area contributed by atoms with Crippen LogP contribution in [-0.4, -0.2) is 18.0 Å².